The molecule has 2 nitrogen and oxygen atoms in total. The van der Waals surface area contributed by atoms with E-state index in [9.17, 15) is 0 Å². The Morgan fingerprint density at radius 2 is 2.09 bits per heavy atom. The van der Waals surface area contributed by atoms with Gasteiger partial charge in [0.2, 0.25) is 0 Å². The van der Waals surface area contributed by atoms with E-state index >= 15 is 0 Å². The summed E-state index contributed by atoms with van der Waals surface area (Å²) in [4.78, 5) is 0. The summed E-state index contributed by atoms with van der Waals surface area (Å²) in [5.74, 6) is 1.59. The van der Waals surface area contributed by atoms with Crippen molar-refractivity contribution in [2.45, 2.75) is 32.7 Å². The van der Waals surface area contributed by atoms with Crippen LogP contribution in [0.3, 0.4) is 0 Å². The Morgan fingerprint density at radius 1 is 1.45 bits per heavy atom. The van der Waals surface area contributed by atoms with E-state index in [-0.39, 0.29) is 0 Å². The molecule has 66 valence electrons. The minimum absolute atomic E-state index is 0.321. The third-order valence-corrected chi connectivity index (χ3v) is 2.49. The molecule has 2 atom stereocenters. The SMILES string of the molecule is CC(N)C(C)CNCC1CC1. The molecule has 0 aliphatic heterocycles. The second-order valence-corrected chi connectivity index (χ2v) is 3.94. The molecule has 3 N–H and O–H groups in total. The lowest BCUT2D eigenvalue weighted by atomic mass is 10.1. The standard InChI is InChI=1S/C9H20N2/c1-7(8(2)10)5-11-6-9-3-4-9/h7-9,11H,3-6,10H2,1-2H3. The van der Waals surface area contributed by atoms with Gasteiger partial charge in [0.1, 0.15) is 0 Å². The highest BCUT2D eigenvalue weighted by atomic mass is 14.9. The molecule has 0 saturated heterocycles. The average molecular weight is 156 g/mol. The van der Waals surface area contributed by atoms with E-state index < -0.39 is 0 Å². The van der Waals surface area contributed by atoms with Gasteiger partial charge in [0, 0.05) is 6.04 Å². The van der Waals surface area contributed by atoms with Gasteiger partial charge >= 0.3 is 0 Å². The van der Waals surface area contributed by atoms with Crippen molar-refractivity contribution in [2.24, 2.45) is 17.6 Å². The molecule has 1 fully saturated rings. The lowest BCUT2D eigenvalue weighted by Gasteiger charge is -2.15. The van der Waals surface area contributed by atoms with Crippen LogP contribution in [-0.2, 0) is 0 Å². The second-order valence-electron chi connectivity index (χ2n) is 3.94. The largest absolute Gasteiger partial charge is 0.328 e. The van der Waals surface area contributed by atoms with Gasteiger partial charge in [0.25, 0.3) is 0 Å². The summed E-state index contributed by atoms with van der Waals surface area (Å²) in [7, 11) is 0. The summed E-state index contributed by atoms with van der Waals surface area (Å²) in [5, 5.41) is 3.45. The van der Waals surface area contributed by atoms with Crippen molar-refractivity contribution < 1.29 is 0 Å². The molecule has 1 rings (SSSR count). The normalized spacial score (nSPS) is 23.2. The van der Waals surface area contributed by atoms with Crippen LogP contribution in [0.15, 0.2) is 0 Å². The van der Waals surface area contributed by atoms with Crippen LogP contribution in [0.1, 0.15) is 26.7 Å². The van der Waals surface area contributed by atoms with Gasteiger partial charge in [-0.3, -0.25) is 0 Å². The highest BCUT2D eigenvalue weighted by Gasteiger charge is 2.20. The first-order valence-corrected chi connectivity index (χ1v) is 4.66. The van der Waals surface area contributed by atoms with E-state index in [0.717, 1.165) is 12.5 Å². The van der Waals surface area contributed by atoms with Gasteiger partial charge in [0.15, 0.2) is 0 Å². The molecule has 2 heteroatoms. The fourth-order valence-corrected chi connectivity index (χ4v) is 1.02. The lowest BCUT2D eigenvalue weighted by molar-refractivity contribution is 0.441. The van der Waals surface area contributed by atoms with Crippen LogP contribution in [0.5, 0.6) is 0 Å². The van der Waals surface area contributed by atoms with E-state index in [2.05, 4.69) is 19.2 Å². The Kier molecular flexibility index (Phi) is 3.34. The molecule has 1 aliphatic carbocycles. The Labute approximate surface area is 69.5 Å². The summed E-state index contributed by atoms with van der Waals surface area (Å²) in [5.41, 5.74) is 5.73. The molecular formula is C9H20N2. The van der Waals surface area contributed by atoms with Gasteiger partial charge in [-0.15, -0.1) is 0 Å². The van der Waals surface area contributed by atoms with Crippen LogP contribution in [-0.4, -0.2) is 19.1 Å². The van der Waals surface area contributed by atoms with Gasteiger partial charge in [0.05, 0.1) is 0 Å². The quantitative estimate of drug-likeness (QED) is 0.622. The van der Waals surface area contributed by atoms with Gasteiger partial charge < -0.3 is 11.1 Å². The third-order valence-electron chi connectivity index (χ3n) is 2.49. The first-order chi connectivity index (χ1) is 5.20. The van der Waals surface area contributed by atoms with Crippen LogP contribution in [0.2, 0.25) is 0 Å². The summed E-state index contributed by atoms with van der Waals surface area (Å²) in [6.45, 7) is 6.55. The monoisotopic (exact) mass is 156 g/mol. The second kappa shape index (κ2) is 4.07. The fourth-order valence-electron chi connectivity index (χ4n) is 1.02. The average Bonchev–Trinajstić information content (AvgIpc) is 2.71. The molecule has 0 radical (unpaired) electrons. The molecule has 11 heavy (non-hydrogen) atoms. The Hall–Kier alpha value is -0.0800. The molecule has 1 saturated carbocycles. The Balaban J connectivity index is 1.92. The van der Waals surface area contributed by atoms with Gasteiger partial charge in [-0.2, -0.15) is 0 Å². The predicted molar refractivity (Wildman–Crippen MR) is 48.4 cm³/mol. The number of hydrogen-bond acceptors (Lipinski definition) is 2. The van der Waals surface area contributed by atoms with Gasteiger partial charge in [-0.25, -0.2) is 0 Å². The van der Waals surface area contributed by atoms with E-state index in [1.54, 1.807) is 0 Å². The highest BCUT2D eigenvalue weighted by Crippen LogP contribution is 2.27. The molecule has 0 aromatic heterocycles. The van der Waals surface area contributed by atoms with Crippen molar-refractivity contribution in [1.29, 1.82) is 0 Å². The minimum atomic E-state index is 0.321. The van der Waals surface area contributed by atoms with Crippen molar-refractivity contribution in [2.75, 3.05) is 13.1 Å². The van der Waals surface area contributed by atoms with E-state index in [1.807, 2.05) is 0 Å². The third kappa shape index (κ3) is 3.73. The maximum Gasteiger partial charge on any atom is 0.00482 e. The van der Waals surface area contributed by atoms with Crippen LogP contribution in [0.25, 0.3) is 0 Å². The molecule has 1 aliphatic rings. The number of rotatable bonds is 5. The minimum Gasteiger partial charge on any atom is -0.328 e. The van der Waals surface area contributed by atoms with Crippen LogP contribution in [0.4, 0.5) is 0 Å². The van der Waals surface area contributed by atoms with Crippen molar-refractivity contribution in [3.8, 4) is 0 Å². The van der Waals surface area contributed by atoms with Crippen molar-refractivity contribution in [1.82, 2.24) is 5.32 Å². The number of hydrogen-bond donors (Lipinski definition) is 2. The zero-order valence-electron chi connectivity index (χ0n) is 7.64. The van der Waals surface area contributed by atoms with Crippen LogP contribution in [0, 0.1) is 11.8 Å². The van der Waals surface area contributed by atoms with E-state index in [4.69, 9.17) is 5.73 Å². The summed E-state index contributed by atoms with van der Waals surface area (Å²) < 4.78 is 0. The van der Waals surface area contributed by atoms with E-state index in [0.29, 0.717) is 12.0 Å². The number of nitrogens with two attached hydrogens (primary N) is 1. The lowest BCUT2D eigenvalue weighted by Crippen LogP contribution is -2.33. The number of nitrogens with one attached hydrogen (secondary N) is 1. The van der Waals surface area contributed by atoms with E-state index in [1.165, 1.54) is 19.4 Å². The highest BCUT2D eigenvalue weighted by molar-refractivity contribution is 4.76. The maximum atomic E-state index is 5.73. The first kappa shape index (κ1) is 9.01. The van der Waals surface area contributed by atoms with Crippen LogP contribution < -0.4 is 11.1 Å². The summed E-state index contributed by atoms with van der Waals surface area (Å²) in [6.07, 6.45) is 2.86. The molecule has 0 aromatic carbocycles. The molecule has 0 amide bonds. The smallest absolute Gasteiger partial charge is 0.00482 e. The first-order valence-electron chi connectivity index (χ1n) is 4.66. The molecule has 0 aromatic rings. The molecule has 0 bridgehead atoms. The fraction of sp³-hybridized carbons (Fsp3) is 1.00. The molecule has 0 spiro atoms. The zero-order chi connectivity index (χ0) is 8.27. The van der Waals surface area contributed by atoms with Crippen molar-refractivity contribution >= 4 is 0 Å². The topological polar surface area (TPSA) is 38.0 Å². The molecular weight excluding hydrogens is 136 g/mol. The van der Waals surface area contributed by atoms with Gasteiger partial charge in [-0.1, -0.05) is 6.92 Å². The Bertz CT molecular complexity index is 108. The van der Waals surface area contributed by atoms with Crippen molar-refractivity contribution in [3.63, 3.8) is 0 Å². The summed E-state index contributed by atoms with van der Waals surface area (Å²) in [6, 6.07) is 0.321. The summed E-state index contributed by atoms with van der Waals surface area (Å²) >= 11 is 0. The van der Waals surface area contributed by atoms with Gasteiger partial charge in [-0.05, 0) is 44.7 Å². The zero-order valence-corrected chi connectivity index (χ0v) is 7.64. The predicted octanol–water partition coefficient (Wildman–Crippen LogP) is 0.969. The molecule has 2 unspecified atom stereocenters. The Morgan fingerprint density at radius 3 is 2.55 bits per heavy atom. The molecule has 0 heterocycles. The van der Waals surface area contributed by atoms with Crippen molar-refractivity contribution in [3.05, 3.63) is 0 Å². The van der Waals surface area contributed by atoms with Crippen LogP contribution >= 0.6 is 0 Å². The maximum absolute atomic E-state index is 5.73.